The van der Waals surface area contributed by atoms with E-state index in [9.17, 15) is 18.4 Å². The number of anilines is 1. The number of hydrogen-bond donors (Lipinski definition) is 1. The van der Waals surface area contributed by atoms with Crippen LogP contribution >= 0.6 is 11.3 Å². The highest BCUT2D eigenvalue weighted by atomic mass is 32.1. The van der Waals surface area contributed by atoms with Gasteiger partial charge in [-0.15, -0.1) is 11.3 Å². The summed E-state index contributed by atoms with van der Waals surface area (Å²) in [5.74, 6) is -0.322. The van der Waals surface area contributed by atoms with Gasteiger partial charge in [-0.05, 0) is 32.3 Å². The van der Waals surface area contributed by atoms with Crippen LogP contribution in [0.25, 0.3) is 10.4 Å². The van der Waals surface area contributed by atoms with Crippen LogP contribution in [0.4, 0.5) is 14.6 Å². The zero-order chi connectivity index (χ0) is 24.2. The van der Waals surface area contributed by atoms with Gasteiger partial charge in [-0.3, -0.25) is 9.59 Å². The van der Waals surface area contributed by atoms with E-state index in [-0.39, 0.29) is 44.6 Å². The van der Waals surface area contributed by atoms with Gasteiger partial charge in [0.15, 0.2) is 5.01 Å². The Hall–Kier alpha value is -2.66. The average Bonchev–Trinajstić information content (AvgIpc) is 3.49. The number of alkyl halides is 2. The van der Waals surface area contributed by atoms with Crippen molar-refractivity contribution in [3.05, 3.63) is 28.5 Å². The lowest BCUT2D eigenvalue weighted by Gasteiger charge is -2.25. The highest BCUT2D eigenvalue weighted by Crippen LogP contribution is 2.39. The molecule has 0 radical (unpaired) electrons. The molecule has 1 atom stereocenters. The van der Waals surface area contributed by atoms with Crippen LogP contribution in [0.3, 0.4) is 0 Å². The first-order valence-electron chi connectivity index (χ1n) is 11.6. The molecule has 184 valence electrons. The van der Waals surface area contributed by atoms with E-state index >= 15 is 0 Å². The van der Waals surface area contributed by atoms with Crippen molar-refractivity contribution in [1.29, 1.82) is 0 Å². The fraction of sp³-hybridized carbons (Fsp3) is 0.565. The van der Waals surface area contributed by atoms with Crippen LogP contribution in [0.5, 0.6) is 0 Å². The number of rotatable bonds is 7. The molecular weight excluding hydrogens is 464 g/mol. The molecule has 11 heteroatoms. The fourth-order valence-electron chi connectivity index (χ4n) is 4.20. The Labute approximate surface area is 201 Å². The average molecular weight is 494 g/mol. The molecule has 2 fully saturated rings. The third kappa shape index (κ3) is 5.05. The Balaban J connectivity index is 1.77. The van der Waals surface area contributed by atoms with E-state index in [0.29, 0.717) is 45.2 Å². The van der Waals surface area contributed by atoms with Crippen LogP contribution in [0.15, 0.2) is 12.3 Å². The van der Waals surface area contributed by atoms with E-state index in [2.05, 4.69) is 15.3 Å². The lowest BCUT2D eigenvalue weighted by molar-refractivity contribution is 0.0302. The molecule has 0 spiro atoms. The van der Waals surface area contributed by atoms with Crippen molar-refractivity contribution in [1.82, 2.24) is 19.8 Å². The number of likely N-dealkylation sites (tertiary alicyclic amines) is 1. The summed E-state index contributed by atoms with van der Waals surface area (Å²) >= 11 is 0.974. The number of pyridine rings is 1. The predicted molar refractivity (Wildman–Crippen MR) is 126 cm³/mol. The molecule has 2 aliphatic heterocycles. The van der Waals surface area contributed by atoms with Gasteiger partial charge in [0.05, 0.1) is 18.1 Å². The first-order valence-corrected chi connectivity index (χ1v) is 12.4. The molecule has 0 aromatic carbocycles. The molecule has 34 heavy (non-hydrogen) atoms. The van der Waals surface area contributed by atoms with E-state index in [4.69, 9.17) is 4.74 Å². The van der Waals surface area contributed by atoms with Crippen LogP contribution < -0.4 is 5.32 Å². The molecular formula is C23H29F2N5O3S. The maximum atomic E-state index is 14.1. The topological polar surface area (TPSA) is 87.7 Å². The maximum Gasteiger partial charge on any atom is 0.283 e. The van der Waals surface area contributed by atoms with E-state index in [1.165, 1.54) is 12.3 Å². The third-order valence-electron chi connectivity index (χ3n) is 6.10. The van der Waals surface area contributed by atoms with Gasteiger partial charge >= 0.3 is 0 Å². The molecule has 2 saturated heterocycles. The summed E-state index contributed by atoms with van der Waals surface area (Å²) in [4.78, 5) is 38.9. The summed E-state index contributed by atoms with van der Waals surface area (Å²) in [6.07, 6.45) is 1.12. The number of aromatic nitrogens is 2. The number of amides is 2. The number of thiazole rings is 1. The standard InChI is InChI=1S/C23H29F2N5O3S/c1-3-6-26-17-12-15(20(24)25)16(13-27-17)19-18(22(31)30-7-4-5-14(30)2)28-21(34-19)23(32)29-8-10-33-11-9-29/h12-14,20H,3-11H2,1-2H3,(H,26,27). The van der Waals surface area contributed by atoms with Gasteiger partial charge in [-0.1, -0.05) is 6.92 Å². The van der Waals surface area contributed by atoms with Crippen LogP contribution in [0, 0.1) is 0 Å². The minimum atomic E-state index is -2.78. The number of morpholine rings is 1. The second kappa shape index (κ2) is 10.7. The van der Waals surface area contributed by atoms with E-state index in [1.807, 2.05) is 13.8 Å². The smallest absolute Gasteiger partial charge is 0.283 e. The molecule has 2 aliphatic rings. The Morgan fingerprint density at radius 2 is 2.03 bits per heavy atom. The van der Waals surface area contributed by atoms with E-state index in [1.54, 1.807) is 9.80 Å². The van der Waals surface area contributed by atoms with Crippen molar-refractivity contribution in [3.63, 3.8) is 0 Å². The Kier molecular flexibility index (Phi) is 7.72. The van der Waals surface area contributed by atoms with E-state index in [0.717, 1.165) is 30.6 Å². The fourth-order valence-corrected chi connectivity index (χ4v) is 5.26. The summed E-state index contributed by atoms with van der Waals surface area (Å²) in [6.45, 7) is 6.78. The molecule has 0 saturated carbocycles. The van der Waals surface area contributed by atoms with Crippen molar-refractivity contribution < 1.29 is 23.1 Å². The van der Waals surface area contributed by atoms with Gasteiger partial charge in [0, 0.05) is 49.5 Å². The minimum Gasteiger partial charge on any atom is -0.378 e. The summed E-state index contributed by atoms with van der Waals surface area (Å²) in [6, 6.07) is 1.33. The van der Waals surface area contributed by atoms with Crippen molar-refractivity contribution in [2.45, 2.75) is 45.6 Å². The van der Waals surface area contributed by atoms with Gasteiger partial charge < -0.3 is 19.9 Å². The summed E-state index contributed by atoms with van der Waals surface area (Å²) in [5, 5.41) is 3.13. The minimum absolute atomic E-state index is 0.0220. The lowest BCUT2D eigenvalue weighted by atomic mass is 10.1. The number of halogens is 2. The first-order chi connectivity index (χ1) is 16.4. The van der Waals surface area contributed by atoms with Gasteiger partial charge in [0.2, 0.25) is 0 Å². The number of hydrogen-bond acceptors (Lipinski definition) is 7. The van der Waals surface area contributed by atoms with Crippen LogP contribution in [-0.4, -0.2) is 77.0 Å². The number of carbonyl (C=O) groups is 2. The van der Waals surface area contributed by atoms with Gasteiger partial charge in [0.1, 0.15) is 11.5 Å². The van der Waals surface area contributed by atoms with Crippen LogP contribution in [0.1, 0.15) is 65.4 Å². The summed E-state index contributed by atoms with van der Waals surface area (Å²) < 4.78 is 33.5. The molecule has 2 aromatic rings. The Bertz CT molecular complexity index is 1040. The van der Waals surface area contributed by atoms with Crippen molar-refractivity contribution in [2.24, 2.45) is 0 Å². The van der Waals surface area contributed by atoms with Crippen molar-refractivity contribution in [2.75, 3.05) is 44.7 Å². The van der Waals surface area contributed by atoms with Crippen LogP contribution in [-0.2, 0) is 4.74 Å². The molecule has 8 nitrogen and oxygen atoms in total. The SMILES string of the molecule is CCCNc1cc(C(F)F)c(-c2sc(C(=O)N3CCOCC3)nc2C(=O)N2CCCC2C)cn1. The van der Waals surface area contributed by atoms with Gasteiger partial charge in [0.25, 0.3) is 18.2 Å². The zero-order valence-electron chi connectivity index (χ0n) is 19.4. The van der Waals surface area contributed by atoms with E-state index < -0.39 is 6.43 Å². The largest absolute Gasteiger partial charge is 0.378 e. The van der Waals surface area contributed by atoms with Crippen molar-refractivity contribution >= 4 is 29.0 Å². The monoisotopic (exact) mass is 493 g/mol. The molecule has 1 N–H and O–H groups in total. The van der Waals surface area contributed by atoms with Crippen molar-refractivity contribution in [3.8, 4) is 10.4 Å². The van der Waals surface area contributed by atoms with Crippen LogP contribution in [0.2, 0.25) is 0 Å². The Morgan fingerprint density at radius 3 is 2.68 bits per heavy atom. The maximum absolute atomic E-state index is 14.1. The molecule has 0 bridgehead atoms. The highest BCUT2D eigenvalue weighted by molar-refractivity contribution is 7.17. The number of ether oxygens (including phenoxy) is 1. The number of carbonyl (C=O) groups excluding carboxylic acids is 2. The van der Waals surface area contributed by atoms with Gasteiger partial charge in [-0.2, -0.15) is 0 Å². The molecule has 4 heterocycles. The molecule has 4 rings (SSSR count). The first kappa shape index (κ1) is 24.5. The van der Waals surface area contributed by atoms with Gasteiger partial charge in [-0.25, -0.2) is 18.7 Å². The normalized spacial score (nSPS) is 18.6. The Morgan fingerprint density at radius 1 is 1.26 bits per heavy atom. The molecule has 0 aliphatic carbocycles. The number of nitrogens with zero attached hydrogens (tertiary/aromatic N) is 4. The quantitative estimate of drug-likeness (QED) is 0.626. The molecule has 2 amide bonds. The third-order valence-corrected chi connectivity index (χ3v) is 7.17. The summed E-state index contributed by atoms with van der Waals surface area (Å²) in [5.41, 5.74) is -0.0785. The molecule has 2 aromatic heterocycles. The predicted octanol–water partition coefficient (Wildman–Crippen LogP) is 4.06. The zero-order valence-corrected chi connectivity index (χ0v) is 20.2. The molecule has 1 unspecified atom stereocenters. The summed E-state index contributed by atoms with van der Waals surface area (Å²) in [7, 11) is 0. The number of nitrogens with one attached hydrogen (secondary N) is 1. The lowest BCUT2D eigenvalue weighted by Crippen LogP contribution is -2.40. The highest BCUT2D eigenvalue weighted by Gasteiger charge is 2.33. The second-order valence-electron chi connectivity index (χ2n) is 8.48. The second-order valence-corrected chi connectivity index (χ2v) is 9.47.